The summed E-state index contributed by atoms with van der Waals surface area (Å²) >= 11 is 0. The van der Waals surface area contributed by atoms with Crippen molar-refractivity contribution in [3.63, 3.8) is 0 Å². The van der Waals surface area contributed by atoms with Gasteiger partial charge in [-0.25, -0.2) is 0 Å². The smallest absolute Gasteiger partial charge is 0.000740 e. The first-order chi connectivity index (χ1) is 42.5. The third-order valence-corrected chi connectivity index (χ3v) is 21.8. The summed E-state index contributed by atoms with van der Waals surface area (Å²) < 4.78 is 0. The Hall–Kier alpha value is -8.06. The molecule has 0 heterocycles. The SMILES string of the molecule is CC(C)c1c2cc3c4ccccc4c4cccc(c2c(C(C)C)c2c1c1cc(C(C)C)c5c6ccc7c8c(ccc(c9cc(C(C)C)c2c1c95)c86)=c1c(-c2cc(C(C)(C)C)cc(C(C)(C)C)c2)c2ccccc2c(-c2cc(C(C)(C)C)cc(C(C)(C)C)c2)c1=7)c43. The molecule has 0 unspecified atom stereocenters. The summed E-state index contributed by atoms with van der Waals surface area (Å²) in [6.07, 6.45) is 0. The van der Waals surface area contributed by atoms with Crippen molar-refractivity contribution in [2.45, 2.75) is 184 Å². The first-order valence-corrected chi connectivity index (χ1v) is 33.9. The van der Waals surface area contributed by atoms with Gasteiger partial charge < -0.3 is 0 Å². The van der Waals surface area contributed by atoms with Crippen molar-refractivity contribution in [3.05, 3.63) is 211 Å². The van der Waals surface area contributed by atoms with Gasteiger partial charge in [-0.05, 0) is 270 Å². The summed E-state index contributed by atoms with van der Waals surface area (Å²) in [5.41, 5.74) is 16.5. The van der Waals surface area contributed by atoms with Crippen LogP contribution in [0.4, 0.5) is 0 Å². The molecule has 15 aromatic carbocycles. The fourth-order valence-corrected chi connectivity index (χ4v) is 17.4. The Balaban J connectivity index is 1.15. The predicted molar refractivity (Wildman–Crippen MR) is 396 cm³/mol. The zero-order chi connectivity index (χ0) is 63.2. The van der Waals surface area contributed by atoms with Crippen LogP contribution in [-0.2, 0) is 21.7 Å². The fourth-order valence-electron chi connectivity index (χ4n) is 17.4. The third-order valence-electron chi connectivity index (χ3n) is 21.8. The molecule has 0 aromatic heterocycles. The molecule has 0 saturated carbocycles. The zero-order valence-corrected chi connectivity index (χ0v) is 57.2. The highest BCUT2D eigenvalue weighted by Crippen LogP contribution is 2.58. The standard InChI is InChI=1S/C90H88/c1-45(2)65-43-70-84-71(47(5)6)69-44-67-56-27-22-21-26-55(56)57-30-25-31-61(75(57)67)79(69)72(48(7)8)86(84)82-66(46(3)4)42-68-60-32-33-63-77-64(35-34-62(76(60)77)78(65)83(68)85(70)82)81-74(50-38-53(89(15,16)17)41-54(39-50)90(18,19)20)59-29-24-23-28-58(59)73(80(63)81)49-36-51(87(9,10)11)40-52(37-49)88(12,13)14/h21-48H,1-20H3. The molecule has 0 N–H and O–H groups in total. The minimum absolute atomic E-state index is 0.0581. The second kappa shape index (κ2) is 18.8. The van der Waals surface area contributed by atoms with Gasteiger partial charge in [0.05, 0.1) is 0 Å². The lowest BCUT2D eigenvalue weighted by Gasteiger charge is -2.28. The van der Waals surface area contributed by atoms with E-state index in [9.17, 15) is 0 Å². The van der Waals surface area contributed by atoms with Crippen LogP contribution in [0.1, 0.15) is 207 Å². The van der Waals surface area contributed by atoms with Crippen molar-refractivity contribution in [2.24, 2.45) is 0 Å². The van der Waals surface area contributed by atoms with Crippen LogP contribution < -0.4 is 0 Å². The van der Waals surface area contributed by atoms with Crippen LogP contribution in [0.15, 0.2) is 146 Å². The van der Waals surface area contributed by atoms with Gasteiger partial charge in [0, 0.05) is 0 Å². The highest BCUT2D eigenvalue weighted by Gasteiger charge is 2.34. The maximum atomic E-state index is 2.72. The molecule has 0 heteroatoms. The van der Waals surface area contributed by atoms with Gasteiger partial charge in [0.25, 0.3) is 0 Å². The van der Waals surface area contributed by atoms with E-state index in [2.05, 4.69) is 284 Å². The van der Waals surface area contributed by atoms with Crippen molar-refractivity contribution >= 4 is 118 Å². The van der Waals surface area contributed by atoms with Gasteiger partial charge in [0.1, 0.15) is 0 Å². The largest absolute Gasteiger partial charge is 0.0616 e. The normalized spacial score (nSPS) is 13.7. The highest BCUT2D eigenvalue weighted by molar-refractivity contribution is 6.46. The molecule has 0 nitrogen and oxygen atoms in total. The Morgan fingerprint density at radius 3 is 1.12 bits per heavy atom. The summed E-state index contributed by atoms with van der Waals surface area (Å²) in [7, 11) is 0. The molecule has 448 valence electrons. The molecule has 0 bridgehead atoms. The van der Waals surface area contributed by atoms with E-state index in [-0.39, 0.29) is 45.3 Å². The predicted octanol–water partition coefficient (Wildman–Crippen LogP) is 26.6. The first kappa shape index (κ1) is 57.1. The third kappa shape index (κ3) is 7.72. The second-order valence-electron chi connectivity index (χ2n) is 33.1. The Morgan fingerprint density at radius 1 is 0.233 bits per heavy atom. The molecule has 16 rings (SSSR count). The molecule has 0 aliphatic heterocycles. The van der Waals surface area contributed by atoms with Gasteiger partial charge in [-0.15, -0.1) is 0 Å². The molecule has 0 amide bonds. The van der Waals surface area contributed by atoms with Crippen LogP contribution in [0.25, 0.3) is 141 Å². The van der Waals surface area contributed by atoms with E-state index in [1.807, 2.05) is 0 Å². The van der Waals surface area contributed by atoms with E-state index in [1.54, 1.807) is 0 Å². The summed E-state index contributed by atoms with van der Waals surface area (Å²) in [5, 5.41) is 36.4. The number of fused-ring (bicyclic) bond motifs is 12. The number of hydrogen-bond acceptors (Lipinski definition) is 0. The lowest BCUT2D eigenvalue weighted by molar-refractivity contribution is 0.568. The van der Waals surface area contributed by atoms with E-state index >= 15 is 0 Å². The maximum Gasteiger partial charge on any atom is -0.000740 e. The zero-order valence-electron chi connectivity index (χ0n) is 57.2. The Bertz CT molecular complexity index is 5640. The van der Waals surface area contributed by atoms with Crippen LogP contribution in [0, 0.1) is 20.9 Å². The minimum atomic E-state index is -0.0581. The highest BCUT2D eigenvalue weighted by atomic mass is 14.4. The molecule has 90 heavy (non-hydrogen) atoms. The van der Waals surface area contributed by atoms with Crippen LogP contribution in [0.5, 0.6) is 0 Å². The van der Waals surface area contributed by atoms with E-state index < -0.39 is 0 Å². The molecule has 1 aliphatic rings. The summed E-state index contributed by atoms with van der Waals surface area (Å²) in [5.74, 6) is 1.10. The Morgan fingerprint density at radius 2 is 0.633 bits per heavy atom. The number of rotatable bonds is 6. The van der Waals surface area contributed by atoms with Crippen LogP contribution >= 0.6 is 0 Å². The average molecular weight is 1170 g/mol. The lowest BCUT2D eigenvalue weighted by Crippen LogP contribution is -2.17. The fraction of sp³-hybridized carbons (Fsp3) is 0.311. The minimum Gasteiger partial charge on any atom is -0.0616 e. The van der Waals surface area contributed by atoms with Crippen LogP contribution in [-0.4, -0.2) is 0 Å². The number of hydrogen-bond donors (Lipinski definition) is 0. The maximum absolute atomic E-state index is 2.72. The molecule has 0 radical (unpaired) electrons. The average Bonchev–Trinajstić information content (AvgIpc) is 1.47. The van der Waals surface area contributed by atoms with Crippen molar-refractivity contribution in [1.29, 1.82) is 0 Å². The van der Waals surface area contributed by atoms with Crippen molar-refractivity contribution in [1.82, 2.24) is 0 Å². The topological polar surface area (TPSA) is 0 Å². The van der Waals surface area contributed by atoms with Crippen molar-refractivity contribution in [2.75, 3.05) is 0 Å². The molecule has 0 fully saturated rings. The molecule has 15 aromatic rings. The Labute approximate surface area is 532 Å². The quantitative estimate of drug-likeness (QED) is 0.115. The molecular formula is C90H88. The Kier molecular flexibility index (Phi) is 11.9. The van der Waals surface area contributed by atoms with Gasteiger partial charge in [-0.2, -0.15) is 0 Å². The summed E-state index contributed by atoms with van der Waals surface area (Å²) in [4.78, 5) is 0. The van der Waals surface area contributed by atoms with E-state index in [4.69, 9.17) is 0 Å². The van der Waals surface area contributed by atoms with Gasteiger partial charge in [-0.3, -0.25) is 0 Å². The van der Waals surface area contributed by atoms with E-state index in [0.29, 0.717) is 0 Å². The molecule has 1 aliphatic carbocycles. The monoisotopic (exact) mass is 1170 g/mol. The molecular weight excluding hydrogens is 1080 g/mol. The molecule has 0 saturated heterocycles. The van der Waals surface area contributed by atoms with Gasteiger partial charge in [-0.1, -0.05) is 266 Å². The van der Waals surface area contributed by atoms with Crippen LogP contribution in [0.3, 0.4) is 0 Å². The van der Waals surface area contributed by atoms with Crippen molar-refractivity contribution < 1.29 is 0 Å². The van der Waals surface area contributed by atoms with Crippen LogP contribution in [0.2, 0.25) is 0 Å². The van der Waals surface area contributed by atoms with Gasteiger partial charge in [0.2, 0.25) is 0 Å². The van der Waals surface area contributed by atoms with E-state index in [1.165, 1.54) is 206 Å². The summed E-state index contributed by atoms with van der Waals surface area (Å²) in [6.45, 7) is 48.4. The lowest BCUT2D eigenvalue weighted by atomic mass is 9.77. The molecule has 0 atom stereocenters. The van der Waals surface area contributed by atoms with Crippen molar-refractivity contribution in [3.8, 4) is 22.3 Å². The van der Waals surface area contributed by atoms with Gasteiger partial charge >= 0.3 is 0 Å². The number of benzene rings is 13. The van der Waals surface area contributed by atoms with E-state index in [0.717, 1.165) is 0 Å². The summed E-state index contributed by atoms with van der Waals surface area (Å²) in [6, 6.07) is 59.3. The molecule has 0 spiro atoms. The van der Waals surface area contributed by atoms with Gasteiger partial charge in [0.15, 0.2) is 0 Å². The first-order valence-electron chi connectivity index (χ1n) is 33.9. The second-order valence-corrected chi connectivity index (χ2v) is 33.1.